The van der Waals surface area contributed by atoms with Crippen LogP contribution in [0.25, 0.3) is 6.08 Å². The van der Waals surface area contributed by atoms with Crippen molar-refractivity contribution in [1.29, 1.82) is 0 Å². The molecule has 0 radical (unpaired) electrons. The molecule has 1 aliphatic heterocycles. The second kappa shape index (κ2) is 14.3. The van der Waals surface area contributed by atoms with Gasteiger partial charge in [-0.15, -0.1) is 0 Å². The molecular weight excluding hydrogens is 767 g/mol. The molecule has 0 unspecified atom stereocenters. The highest BCUT2D eigenvalue weighted by Gasteiger charge is 2.35. The van der Waals surface area contributed by atoms with E-state index in [1.807, 2.05) is 56.3 Å². The minimum Gasteiger partial charge on any atom is -0.491 e. The first-order valence-electron chi connectivity index (χ1n) is 14.0. The predicted octanol–water partition coefficient (Wildman–Crippen LogP) is 8.00. The number of halogens is 4. The van der Waals surface area contributed by atoms with Crippen LogP contribution in [0.1, 0.15) is 50.4 Å². The fraction of sp³-hybridized carbons (Fsp3) is 0.242. The Morgan fingerprint density at radius 1 is 1.11 bits per heavy atom. The maximum Gasteiger partial charge on any atom is 0.338 e. The Balaban J connectivity index is 1.58. The van der Waals surface area contributed by atoms with E-state index in [-0.39, 0.29) is 24.9 Å². The molecule has 0 aliphatic carbocycles. The Morgan fingerprint density at radius 3 is 2.49 bits per heavy atom. The summed E-state index contributed by atoms with van der Waals surface area (Å²) >= 11 is 20.8. The molecule has 3 aromatic carbocycles. The van der Waals surface area contributed by atoms with Gasteiger partial charge in [0.05, 0.1) is 37.5 Å². The quantitative estimate of drug-likeness (QED) is 0.161. The first-order valence-corrected chi connectivity index (χ1v) is 17.1. The highest BCUT2D eigenvalue weighted by atomic mass is 79.9. The average molecular weight is 795 g/mol. The SMILES string of the molecule is CCOC(=O)C1=C(C)N=c2s/c(=C/c3cc(Br)c(OCc4ccc(Cl)cc4Cl)c(Br)c3)c(=O)n2[C@H]1c1ccccc1OC(C)C. The maximum atomic E-state index is 14.1. The molecule has 5 rings (SSSR count). The molecule has 0 bridgehead atoms. The summed E-state index contributed by atoms with van der Waals surface area (Å²) in [5.41, 5.74) is 2.70. The molecule has 0 N–H and O–H groups in total. The van der Waals surface area contributed by atoms with Crippen molar-refractivity contribution in [2.24, 2.45) is 4.99 Å². The van der Waals surface area contributed by atoms with Crippen LogP contribution in [0.2, 0.25) is 10.0 Å². The second-order valence-corrected chi connectivity index (χ2v) is 13.9. The Morgan fingerprint density at radius 2 is 1.82 bits per heavy atom. The van der Waals surface area contributed by atoms with Crippen molar-refractivity contribution in [2.75, 3.05) is 6.61 Å². The Labute approximate surface area is 291 Å². The van der Waals surface area contributed by atoms with Gasteiger partial charge in [-0.05, 0) is 102 Å². The summed E-state index contributed by atoms with van der Waals surface area (Å²) in [6.45, 7) is 7.77. The molecule has 1 aliphatic rings. The van der Waals surface area contributed by atoms with Gasteiger partial charge in [-0.2, -0.15) is 0 Å². The molecule has 0 spiro atoms. The van der Waals surface area contributed by atoms with Gasteiger partial charge in [-0.3, -0.25) is 9.36 Å². The van der Waals surface area contributed by atoms with E-state index in [2.05, 4.69) is 36.9 Å². The van der Waals surface area contributed by atoms with Crippen LogP contribution in [-0.4, -0.2) is 23.2 Å². The summed E-state index contributed by atoms with van der Waals surface area (Å²) in [5, 5.41) is 1.06. The summed E-state index contributed by atoms with van der Waals surface area (Å²) in [4.78, 5) is 32.6. The number of rotatable bonds is 9. The molecule has 0 fully saturated rings. The third-order valence-electron chi connectivity index (χ3n) is 6.80. The summed E-state index contributed by atoms with van der Waals surface area (Å²) in [5.74, 6) is 0.628. The summed E-state index contributed by atoms with van der Waals surface area (Å²) in [7, 11) is 0. The van der Waals surface area contributed by atoms with Crippen molar-refractivity contribution in [3.05, 3.63) is 121 Å². The van der Waals surface area contributed by atoms with Crippen LogP contribution in [-0.2, 0) is 16.1 Å². The van der Waals surface area contributed by atoms with E-state index in [1.165, 1.54) is 11.3 Å². The van der Waals surface area contributed by atoms with Crippen LogP contribution in [0.5, 0.6) is 11.5 Å². The number of aromatic nitrogens is 1. The van der Waals surface area contributed by atoms with Crippen molar-refractivity contribution in [1.82, 2.24) is 4.57 Å². The van der Waals surface area contributed by atoms with E-state index < -0.39 is 12.0 Å². The number of hydrogen-bond acceptors (Lipinski definition) is 7. The normalized spacial score (nSPS) is 14.8. The summed E-state index contributed by atoms with van der Waals surface area (Å²) in [6, 6.07) is 15.6. The molecule has 4 aromatic rings. The Bertz CT molecular complexity index is 1980. The molecule has 0 amide bonds. The molecule has 45 heavy (non-hydrogen) atoms. The zero-order valence-corrected chi connectivity index (χ0v) is 30.2. The van der Waals surface area contributed by atoms with Crippen LogP contribution in [0, 0.1) is 0 Å². The van der Waals surface area contributed by atoms with E-state index in [0.717, 1.165) is 11.1 Å². The lowest BCUT2D eigenvalue weighted by molar-refractivity contribution is -0.139. The van der Waals surface area contributed by atoms with Gasteiger partial charge < -0.3 is 14.2 Å². The second-order valence-electron chi connectivity index (χ2n) is 10.3. The number of hydrogen-bond donors (Lipinski definition) is 0. The molecular formula is C33H28Br2Cl2N2O5S. The van der Waals surface area contributed by atoms with Gasteiger partial charge in [-0.25, -0.2) is 9.79 Å². The average Bonchev–Trinajstić information content (AvgIpc) is 3.26. The lowest BCUT2D eigenvalue weighted by Gasteiger charge is -2.26. The minimum absolute atomic E-state index is 0.120. The first kappa shape index (κ1) is 33.5. The molecule has 1 aromatic heterocycles. The Hall–Kier alpha value is -2.89. The number of esters is 1. The lowest BCUT2D eigenvalue weighted by atomic mass is 9.95. The van der Waals surface area contributed by atoms with Crippen molar-refractivity contribution in [3.63, 3.8) is 0 Å². The highest BCUT2D eigenvalue weighted by molar-refractivity contribution is 9.11. The first-order chi connectivity index (χ1) is 21.5. The third kappa shape index (κ3) is 7.25. The largest absolute Gasteiger partial charge is 0.491 e. The van der Waals surface area contributed by atoms with Crippen LogP contribution in [0.3, 0.4) is 0 Å². The topological polar surface area (TPSA) is 79.1 Å². The van der Waals surface area contributed by atoms with Crippen LogP contribution in [0.15, 0.2) is 84.6 Å². The van der Waals surface area contributed by atoms with Gasteiger partial charge in [0, 0.05) is 21.2 Å². The number of benzene rings is 3. The fourth-order valence-electron chi connectivity index (χ4n) is 4.89. The molecule has 7 nitrogen and oxygen atoms in total. The molecule has 0 saturated carbocycles. The van der Waals surface area contributed by atoms with Gasteiger partial charge in [0.1, 0.15) is 24.1 Å². The van der Waals surface area contributed by atoms with Gasteiger partial charge in [0.2, 0.25) is 0 Å². The zero-order valence-electron chi connectivity index (χ0n) is 24.7. The number of carbonyl (C=O) groups is 1. The molecule has 1 atom stereocenters. The minimum atomic E-state index is -0.786. The molecule has 2 heterocycles. The number of allylic oxidation sites excluding steroid dienone is 1. The van der Waals surface area contributed by atoms with Gasteiger partial charge in [0.25, 0.3) is 5.56 Å². The number of thiazole rings is 1. The number of para-hydroxylation sites is 1. The highest BCUT2D eigenvalue weighted by Crippen LogP contribution is 2.37. The number of nitrogens with zero attached hydrogens (tertiary/aromatic N) is 2. The standard InChI is InChI=1S/C33H28Br2Cl2N2O5S/c1-5-42-32(41)28-18(4)38-33-39(29(28)22-8-6-7-9-26(22)44-17(2)3)31(40)27(45-33)14-19-12-23(34)30(24(35)13-19)43-16-20-10-11-21(36)15-25(20)37/h6-15,17,29H,5,16H2,1-4H3/b27-14+/t29-/m0/s1. The van der Waals surface area contributed by atoms with E-state index in [9.17, 15) is 9.59 Å². The van der Waals surface area contributed by atoms with Gasteiger partial charge in [-0.1, -0.05) is 58.8 Å². The van der Waals surface area contributed by atoms with Gasteiger partial charge in [0.15, 0.2) is 4.80 Å². The molecule has 234 valence electrons. The van der Waals surface area contributed by atoms with Crippen molar-refractivity contribution in [2.45, 2.75) is 46.4 Å². The van der Waals surface area contributed by atoms with E-state index in [0.29, 0.717) is 56.7 Å². The smallest absolute Gasteiger partial charge is 0.338 e. The third-order valence-corrected chi connectivity index (χ3v) is 9.55. The summed E-state index contributed by atoms with van der Waals surface area (Å²) < 4.78 is 21.0. The van der Waals surface area contributed by atoms with Crippen LogP contribution in [0.4, 0.5) is 0 Å². The van der Waals surface area contributed by atoms with Crippen LogP contribution < -0.4 is 24.4 Å². The summed E-state index contributed by atoms with van der Waals surface area (Å²) in [6.07, 6.45) is 1.67. The lowest BCUT2D eigenvalue weighted by Crippen LogP contribution is -2.40. The number of ether oxygens (including phenoxy) is 3. The van der Waals surface area contributed by atoms with Crippen molar-refractivity contribution in [3.8, 4) is 11.5 Å². The van der Waals surface area contributed by atoms with E-state index in [4.69, 9.17) is 37.4 Å². The Kier molecular flexibility index (Phi) is 10.6. The zero-order chi connectivity index (χ0) is 32.4. The van der Waals surface area contributed by atoms with Gasteiger partial charge >= 0.3 is 5.97 Å². The fourth-order valence-corrected chi connectivity index (χ4v) is 7.85. The van der Waals surface area contributed by atoms with Crippen molar-refractivity contribution < 1.29 is 19.0 Å². The molecule has 12 heteroatoms. The number of carbonyl (C=O) groups excluding carboxylic acids is 1. The van der Waals surface area contributed by atoms with E-state index in [1.54, 1.807) is 36.6 Å². The van der Waals surface area contributed by atoms with E-state index >= 15 is 0 Å². The predicted molar refractivity (Wildman–Crippen MR) is 185 cm³/mol. The van der Waals surface area contributed by atoms with Crippen LogP contribution >= 0.6 is 66.4 Å². The monoisotopic (exact) mass is 792 g/mol. The van der Waals surface area contributed by atoms with Crippen molar-refractivity contribution >= 4 is 78.4 Å². The molecule has 0 saturated heterocycles. The number of fused-ring (bicyclic) bond motifs is 1. The maximum absolute atomic E-state index is 14.1.